The average Bonchev–Trinajstić information content (AvgIpc) is 3.36. The van der Waals surface area contributed by atoms with Crippen molar-refractivity contribution in [3.05, 3.63) is 65.1 Å². The van der Waals surface area contributed by atoms with Crippen LogP contribution >= 0.6 is 0 Å². The number of imide groups is 1. The minimum atomic E-state index is -2.48. The zero-order valence-electron chi connectivity index (χ0n) is 15.2. The van der Waals surface area contributed by atoms with Gasteiger partial charge in [-0.25, -0.2) is 23.1 Å². The molecular formula is C20H17F2N5O2. The third-order valence-corrected chi connectivity index (χ3v) is 5.57. The van der Waals surface area contributed by atoms with E-state index in [0.717, 1.165) is 17.7 Å². The smallest absolute Gasteiger partial charge is 0.321 e. The number of carbonyl (C=O) groups excluding carboxylic acids is 2. The number of alkyl halides is 2. The van der Waals surface area contributed by atoms with Gasteiger partial charge in [0.2, 0.25) is 5.91 Å². The fourth-order valence-electron chi connectivity index (χ4n) is 3.95. The summed E-state index contributed by atoms with van der Waals surface area (Å²) in [5.41, 5.74) is 3.13. The molecule has 2 N–H and O–H groups in total. The first kappa shape index (κ1) is 17.7. The number of carbonyl (C=O) groups is 2. The van der Waals surface area contributed by atoms with Crippen molar-refractivity contribution in [2.45, 2.75) is 30.6 Å². The predicted octanol–water partition coefficient (Wildman–Crippen LogP) is 2.86. The lowest BCUT2D eigenvalue weighted by Gasteiger charge is -2.22. The second kappa shape index (κ2) is 6.61. The van der Waals surface area contributed by atoms with E-state index >= 15 is 0 Å². The highest BCUT2D eigenvalue weighted by Gasteiger charge is 2.42. The highest BCUT2D eigenvalue weighted by Crippen LogP contribution is 2.54. The number of hydrogen-bond donors (Lipinski definition) is 2. The number of aromatic nitrogens is 3. The maximum atomic E-state index is 12.8. The molecule has 1 saturated heterocycles. The Morgan fingerprint density at radius 3 is 2.62 bits per heavy atom. The average molecular weight is 397 g/mol. The SMILES string of the molecule is O=C1NCC(c2cc([C@H]3C[C@@H]3c3ccc(C(F)F)cc3)n3nccc3n2)C(=O)N1. The fourth-order valence-corrected chi connectivity index (χ4v) is 3.95. The Bertz CT molecular complexity index is 1110. The van der Waals surface area contributed by atoms with Crippen molar-refractivity contribution in [1.82, 2.24) is 25.2 Å². The van der Waals surface area contributed by atoms with Crippen molar-refractivity contribution >= 4 is 17.6 Å². The zero-order chi connectivity index (χ0) is 20.1. The van der Waals surface area contributed by atoms with Crippen LogP contribution in [0.1, 0.15) is 53.1 Å². The Balaban J connectivity index is 1.47. The summed E-state index contributed by atoms with van der Waals surface area (Å²) in [6, 6.07) is 9.54. The molecule has 3 amide bonds. The van der Waals surface area contributed by atoms with Gasteiger partial charge in [0.25, 0.3) is 6.43 Å². The van der Waals surface area contributed by atoms with E-state index < -0.39 is 18.4 Å². The third kappa shape index (κ3) is 3.12. The van der Waals surface area contributed by atoms with Crippen molar-refractivity contribution < 1.29 is 18.4 Å². The first-order chi connectivity index (χ1) is 14.0. The molecule has 29 heavy (non-hydrogen) atoms. The van der Waals surface area contributed by atoms with E-state index in [9.17, 15) is 18.4 Å². The summed E-state index contributed by atoms with van der Waals surface area (Å²) >= 11 is 0. The molecule has 148 valence electrons. The van der Waals surface area contributed by atoms with Crippen molar-refractivity contribution in [3.63, 3.8) is 0 Å². The van der Waals surface area contributed by atoms with Crippen LogP contribution < -0.4 is 10.6 Å². The molecule has 0 bridgehead atoms. The van der Waals surface area contributed by atoms with Gasteiger partial charge in [0.15, 0.2) is 5.65 Å². The number of halogens is 2. The molecule has 3 atom stereocenters. The van der Waals surface area contributed by atoms with Crippen LogP contribution in [0.3, 0.4) is 0 Å². The first-order valence-electron chi connectivity index (χ1n) is 9.32. The predicted molar refractivity (Wildman–Crippen MR) is 98.8 cm³/mol. The van der Waals surface area contributed by atoms with Gasteiger partial charge in [0.1, 0.15) is 0 Å². The molecular weight excluding hydrogens is 380 g/mol. The van der Waals surface area contributed by atoms with Crippen molar-refractivity contribution in [2.24, 2.45) is 0 Å². The van der Waals surface area contributed by atoms with Gasteiger partial charge in [-0.1, -0.05) is 24.3 Å². The standard InChI is InChI=1S/C20H17F2N5O2/c21-18(22)11-3-1-10(2-4-11)12-7-13(12)16-8-15(25-17-5-6-24-27(16)17)14-9-23-20(29)26-19(14)28/h1-6,8,12-14,18H,7,9H2,(H2,23,26,28,29)/t12-,13+,14?/m1/s1. The lowest BCUT2D eigenvalue weighted by Crippen LogP contribution is -2.51. The van der Waals surface area contributed by atoms with Crippen LogP contribution in [0.25, 0.3) is 5.65 Å². The summed E-state index contributed by atoms with van der Waals surface area (Å²) in [6.07, 6.45) is 0.0281. The molecule has 2 fully saturated rings. The number of hydrogen-bond acceptors (Lipinski definition) is 4. The van der Waals surface area contributed by atoms with Crippen LogP contribution in [-0.4, -0.2) is 33.1 Å². The fraction of sp³-hybridized carbons (Fsp3) is 0.300. The van der Waals surface area contributed by atoms with E-state index in [4.69, 9.17) is 0 Å². The molecule has 7 nitrogen and oxygen atoms in total. The zero-order valence-corrected chi connectivity index (χ0v) is 15.2. The largest absolute Gasteiger partial charge is 0.337 e. The van der Waals surface area contributed by atoms with E-state index in [0.29, 0.717) is 11.3 Å². The van der Waals surface area contributed by atoms with Crippen LogP contribution in [0.2, 0.25) is 0 Å². The summed E-state index contributed by atoms with van der Waals surface area (Å²) in [4.78, 5) is 28.1. The summed E-state index contributed by atoms with van der Waals surface area (Å²) < 4.78 is 27.3. The maximum Gasteiger partial charge on any atom is 0.321 e. The lowest BCUT2D eigenvalue weighted by molar-refractivity contribution is -0.122. The van der Waals surface area contributed by atoms with Gasteiger partial charge in [-0.3, -0.25) is 10.1 Å². The Morgan fingerprint density at radius 1 is 1.10 bits per heavy atom. The van der Waals surface area contributed by atoms with Gasteiger partial charge in [-0.05, 0) is 24.0 Å². The number of amides is 3. The lowest BCUT2D eigenvalue weighted by atomic mass is 10.00. The van der Waals surface area contributed by atoms with E-state index in [1.807, 2.05) is 6.07 Å². The van der Waals surface area contributed by atoms with Crippen LogP contribution in [0, 0.1) is 0 Å². The van der Waals surface area contributed by atoms with E-state index in [-0.39, 0.29) is 29.9 Å². The van der Waals surface area contributed by atoms with Gasteiger partial charge in [-0.15, -0.1) is 0 Å². The van der Waals surface area contributed by atoms with Gasteiger partial charge in [-0.2, -0.15) is 5.10 Å². The Labute approximate surface area is 164 Å². The molecule has 1 aliphatic heterocycles. The molecule has 2 aromatic heterocycles. The first-order valence-corrected chi connectivity index (χ1v) is 9.32. The summed E-state index contributed by atoms with van der Waals surface area (Å²) in [5, 5.41) is 9.24. The molecule has 9 heteroatoms. The van der Waals surface area contributed by atoms with Crippen LogP contribution in [0.4, 0.5) is 13.6 Å². The highest BCUT2D eigenvalue weighted by atomic mass is 19.3. The normalized spacial score (nSPS) is 23.9. The van der Waals surface area contributed by atoms with Crippen LogP contribution in [0.15, 0.2) is 42.6 Å². The number of rotatable bonds is 4. The number of fused-ring (bicyclic) bond motifs is 1. The molecule has 2 aliphatic rings. The monoisotopic (exact) mass is 397 g/mol. The maximum absolute atomic E-state index is 12.8. The Morgan fingerprint density at radius 2 is 1.90 bits per heavy atom. The molecule has 0 radical (unpaired) electrons. The van der Waals surface area contributed by atoms with Crippen LogP contribution in [-0.2, 0) is 4.79 Å². The Kier molecular flexibility index (Phi) is 4.04. The van der Waals surface area contributed by atoms with Gasteiger partial charge in [0.05, 0.1) is 17.8 Å². The second-order valence-corrected chi connectivity index (χ2v) is 7.37. The Hall–Kier alpha value is -3.36. The van der Waals surface area contributed by atoms with E-state index in [1.54, 1.807) is 28.9 Å². The summed E-state index contributed by atoms with van der Waals surface area (Å²) in [6.45, 7) is 0.185. The third-order valence-electron chi connectivity index (χ3n) is 5.57. The molecule has 1 unspecified atom stereocenters. The highest BCUT2D eigenvalue weighted by molar-refractivity contribution is 6.00. The van der Waals surface area contributed by atoms with E-state index in [1.165, 1.54) is 12.1 Å². The minimum absolute atomic E-state index is 0.0111. The van der Waals surface area contributed by atoms with Crippen molar-refractivity contribution in [3.8, 4) is 0 Å². The molecule has 1 aliphatic carbocycles. The number of benzene rings is 1. The van der Waals surface area contributed by atoms with Gasteiger partial charge in [0, 0.05) is 29.8 Å². The van der Waals surface area contributed by atoms with Crippen molar-refractivity contribution in [1.29, 1.82) is 0 Å². The number of urea groups is 1. The summed E-state index contributed by atoms with van der Waals surface area (Å²) in [5.74, 6) is -0.609. The van der Waals surface area contributed by atoms with Crippen LogP contribution in [0.5, 0.6) is 0 Å². The second-order valence-electron chi connectivity index (χ2n) is 7.37. The molecule has 3 aromatic rings. The molecule has 5 rings (SSSR count). The number of nitrogens with zero attached hydrogens (tertiary/aromatic N) is 3. The molecule has 1 saturated carbocycles. The molecule has 3 heterocycles. The molecule has 0 spiro atoms. The van der Waals surface area contributed by atoms with Crippen molar-refractivity contribution in [2.75, 3.05) is 6.54 Å². The van der Waals surface area contributed by atoms with Gasteiger partial charge < -0.3 is 5.32 Å². The van der Waals surface area contributed by atoms with E-state index in [2.05, 4.69) is 20.7 Å². The van der Waals surface area contributed by atoms with Gasteiger partial charge >= 0.3 is 6.03 Å². The molecule has 1 aromatic carbocycles. The minimum Gasteiger partial charge on any atom is -0.337 e. The quantitative estimate of drug-likeness (QED) is 0.709. The summed E-state index contributed by atoms with van der Waals surface area (Å²) in [7, 11) is 0. The number of nitrogens with one attached hydrogen (secondary N) is 2. The topological polar surface area (TPSA) is 88.4 Å².